The first-order valence-electron chi connectivity index (χ1n) is 5.98. The normalized spacial score (nSPS) is 12.8. The third-order valence-corrected chi connectivity index (χ3v) is 5.50. The molecule has 1 aromatic carbocycles. The van der Waals surface area contributed by atoms with Crippen molar-refractivity contribution >= 4 is 33.3 Å². The van der Waals surface area contributed by atoms with E-state index in [-0.39, 0.29) is 21.0 Å². The third kappa shape index (κ3) is 3.36. The van der Waals surface area contributed by atoms with Gasteiger partial charge in [0.1, 0.15) is 5.25 Å². The summed E-state index contributed by atoms with van der Waals surface area (Å²) in [4.78, 5) is 23.9. The maximum Gasteiger partial charge on any atom is 0.336 e. The number of hydrogen-bond donors (Lipinski definition) is 1. The molecule has 0 aliphatic carbocycles. The molecule has 1 amide bonds. The van der Waals surface area contributed by atoms with E-state index in [2.05, 4.69) is 0 Å². The van der Waals surface area contributed by atoms with Crippen LogP contribution in [0, 0.1) is 6.92 Å². The van der Waals surface area contributed by atoms with Crippen molar-refractivity contribution in [1.29, 1.82) is 0 Å². The van der Waals surface area contributed by atoms with E-state index in [0.717, 1.165) is 6.07 Å². The summed E-state index contributed by atoms with van der Waals surface area (Å²) in [6.45, 7) is 2.64. The number of carboxylic acids is 1. The van der Waals surface area contributed by atoms with Crippen molar-refractivity contribution in [3.63, 3.8) is 0 Å². The number of halogens is 1. The van der Waals surface area contributed by atoms with Crippen LogP contribution in [0.1, 0.15) is 22.8 Å². The van der Waals surface area contributed by atoms with E-state index in [1.54, 1.807) is 0 Å². The van der Waals surface area contributed by atoms with Crippen LogP contribution in [0.15, 0.2) is 17.0 Å². The molecule has 0 aromatic heterocycles. The minimum absolute atomic E-state index is 0.0129. The molecule has 0 saturated carbocycles. The van der Waals surface area contributed by atoms with Crippen LogP contribution in [0.25, 0.3) is 0 Å². The average molecular weight is 334 g/mol. The van der Waals surface area contributed by atoms with Gasteiger partial charge >= 0.3 is 5.97 Å². The molecule has 8 heteroatoms. The van der Waals surface area contributed by atoms with Gasteiger partial charge in [-0.3, -0.25) is 4.79 Å². The molecule has 1 N–H and O–H groups in total. The van der Waals surface area contributed by atoms with Crippen LogP contribution < -0.4 is 0 Å². The molecule has 6 nitrogen and oxygen atoms in total. The van der Waals surface area contributed by atoms with Crippen LogP contribution in [0.4, 0.5) is 0 Å². The number of nitrogens with zero attached hydrogens (tertiary/aromatic N) is 1. The molecule has 116 valence electrons. The monoisotopic (exact) mass is 333 g/mol. The van der Waals surface area contributed by atoms with E-state index >= 15 is 0 Å². The van der Waals surface area contributed by atoms with Gasteiger partial charge in [0, 0.05) is 19.1 Å². The van der Waals surface area contributed by atoms with Crippen molar-refractivity contribution in [2.45, 2.75) is 24.0 Å². The highest BCUT2D eigenvalue weighted by Gasteiger charge is 2.33. The summed E-state index contributed by atoms with van der Waals surface area (Å²) in [7, 11) is -1.14. The maximum atomic E-state index is 12.5. The van der Waals surface area contributed by atoms with E-state index in [4.69, 9.17) is 16.7 Å². The summed E-state index contributed by atoms with van der Waals surface area (Å²) in [6, 6.07) is 2.34. The van der Waals surface area contributed by atoms with Crippen molar-refractivity contribution in [3.05, 3.63) is 28.3 Å². The Morgan fingerprint density at radius 1 is 1.29 bits per heavy atom. The standard InChI is InChI=1S/C13H16ClNO5S/c1-7-10(13(17)18)5-9(14)6-11(7)21(19,20)8(2)12(16)15(3)4/h5-6,8H,1-4H3,(H,17,18). The molecule has 0 heterocycles. The van der Waals surface area contributed by atoms with E-state index in [1.165, 1.54) is 38.9 Å². The number of sulfone groups is 1. The first kappa shape index (κ1) is 17.5. The van der Waals surface area contributed by atoms with Gasteiger partial charge in [-0.2, -0.15) is 0 Å². The Kier molecular flexibility index (Phi) is 5.01. The highest BCUT2D eigenvalue weighted by atomic mass is 35.5. The summed E-state index contributed by atoms with van der Waals surface area (Å²) >= 11 is 5.80. The first-order valence-corrected chi connectivity index (χ1v) is 7.91. The molecule has 0 saturated heterocycles. The molecule has 1 aromatic rings. The van der Waals surface area contributed by atoms with Crippen molar-refractivity contribution in [2.24, 2.45) is 0 Å². The number of carboxylic acid groups (broad SMARTS) is 1. The summed E-state index contributed by atoms with van der Waals surface area (Å²) in [5.41, 5.74) is -0.143. The molecule has 1 unspecified atom stereocenters. The zero-order valence-electron chi connectivity index (χ0n) is 12.0. The lowest BCUT2D eigenvalue weighted by Gasteiger charge is -2.19. The predicted molar refractivity (Wildman–Crippen MR) is 78.5 cm³/mol. The van der Waals surface area contributed by atoms with Crippen molar-refractivity contribution in [1.82, 2.24) is 4.90 Å². The van der Waals surface area contributed by atoms with Crippen LogP contribution >= 0.6 is 11.6 Å². The molecule has 0 spiro atoms. The van der Waals surface area contributed by atoms with Gasteiger partial charge in [-0.05, 0) is 31.5 Å². The molecule has 0 bridgehead atoms. The number of aromatic carboxylic acids is 1. The minimum atomic E-state index is -4.03. The summed E-state index contributed by atoms with van der Waals surface area (Å²) in [5.74, 6) is -1.87. The molecule has 0 aliphatic rings. The number of hydrogen-bond acceptors (Lipinski definition) is 4. The molecule has 0 radical (unpaired) electrons. The van der Waals surface area contributed by atoms with Crippen LogP contribution in [0.2, 0.25) is 5.02 Å². The fourth-order valence-electron chi connectivity index (χ4n) is 1.86. The number of rotatable bonds is 4. The second kappa shape index (κ2) is 6.03. The highest BCUT2D eigenvalue weighted by molar-refractivity contribution is 7.92. The fourth-order valence-corrected chi connectivity index (χ4v) is 3.83. The van der Waals surface area contributed by atoms with Gasteiger partial charge in [0.2, 0.25) is 5.91 Å². The Morgan fingerprint density at radius 3 is 2.24 bits per heavy atom. The van der Waals surface area contributed by atoms with Gasteiger partial charge in [-0.15, -0.1) is 0 Å². The lowest BCUT2D eigenvalue weighted by molar-refractivity contribution is -0.127. The van der Waals surface area contributed by atoms with Crippen molar-refractivity contribution < 1.29 is 23.1 Å². The van der Waals surface area contributed by atoms with Gasteiger partial charge in [0.15, 0.2) is 9.84 Å². The van der Waals surface area contributed by atoms with E-state index in [0.29, 0.717) is 0 Å². The predicted octanol–water partition coefficient (Wildman–Crippen LogP) is 1.60. The average Bonchev–Trinajstić information content (AvgIpc) is 2.38. The number of carbonyl (C=O) groups is 2. The van der Waals surface area contributed by atoms with Gasteiger partial charge in [-0.25, -0.2) is 13.2 Å². The topological polar surface area (TPSA) is 91.7 Å². The second-order valence-electron chi connectivity index (χ2n) is 4.80. The van der Waals surface area contributed by atoms with Gasteiger partial charge < -0.3 is 10.0 Å². The van der Waals surface area contributed by atoms with Gasteiger partial charge in [-0.1, -0.05) is 11.6 Å². The lowest BCUT2D eigenvalue weighted by Crippen LogP contribution is -2.37. The molecule has 1 atom stereocenters. The zero-order valence-corrected chi connectivity index (χ0v) is 13.6. The van der Waals surface area contributed by atoms with E-state index < -0.39 is 27.0 Å². The number of benzene rings is 1. The lowest BCUT2D eigenvalue weighted by atomic mass is 10.1. The van der Waals surface area contributed by atoms with Crippen LogP contribution in [-0.4, -0.2) is 49.6 Å². The van der Waals surface area contributed by atoms with Crippen molar-refractivity contribution in [2.75, 3.05) is 14.1 Å². The number of amides is 1. The quantitative estimate of drug-likeness (QED) is 0.903. The van der Waals surface area contributed by atoms with E-state index in [9.17, 15) is 18.0 Å². The molecule has 0 aliphatic heterocycles. The van der Waals surface area contributed by atoms with Gasteiger partial charge in [0.25, 0.3) is 0 Å². The zero-order chi connectivity index (χ0) is 16.5. The minimum Gasteiger partial charge on any atom is -0.478 e. The Labute approximate surface area is 128 Å². The smallest absolute Gasteiger partial charge is 0.336 e. The molecule has 1 rings (SSSR count). The van der Waals surface area contributed by atoms with Crippen LogP contribution in [-0.2, 0) is 14.6 Å². The Hall–Kier alpha value is -1.60. The highest BCUT2D eigenvalue weighted by Crippen LogP contribution is 2.27. The summed E-state index contributed by atoms with van der Waals surface area (Å²) in [5, 5.41) is 7.75. The Bertz CT molecular complexity index is 697. The molecular weight excluding hydrogens is 318 g/mol. The SMILES string of the molecule is Cc1c(C(=O)O)cc(Cl)cc1S(=O)(=O)C(C)C(=O)N(C)C. The first-order chi connectivity index (χ1) is 9.50. The molecular formula is C13H16ClNO5S. The third-order valence-electron chi connectivity index (χ3n) is 3.12. The molecule has 0 fully saturated rings. The van der Waals surface area contributed by atoms with E-state index in [1.807, 2.05) is 0 Å². The Morgan fingerprint density at radius 2 is 1.81 bits per heavy atom. The maximum absolute atomic E-state index is 12.5. The fraction of sp³-hybridized carbons (Fsp3) is 0.385. The van der Waals surface area contributed by atoms with Crippen molar-refractivity contribution in [3.8, 4) is 0 Å². The second-order valence-corrected chi connectivity index (χ2v) is 7.47. The van der Waals surface area contributed by atoms with Crippen LogP contribution in [0.3, 0.4) is 0 Å². The summed E-state index contributed by atoms with van der Waals surface area (Å²) < 4.78 is 25.1. The largest absolute Gasteiger partial charge is 0.478 e. The molecule has 21 heavy (non-hydrogen) atoms. The Balaban J connectivity index is 3.53. The summed E-state index contributed by atoms with van der Waals surface area (Å²) in [6.07, 6.45) is 0. The van der Waals surface area contributed by atoms with Crippen LogP contribution in [0.5, 0.6) is 0 Å². The van der Waals surface area contributed by atoms with Gasteiger partial charge in [0.05, 0.1) is 10.5 Å². The number of carbonyl (C=O) groups excluding carboxylic acids is 1.